The maximum absolute atomic E-state index is 11.9. The van der Waals surface area contributed by atoms with E-state index in [-0.39, 0.29) is 23.5 Å². The molecule has 1 atom stereocenters. The van der Waals surface area contributed by atoms with Gasteiger partial charge in [0.05, 0.1) is 29.8 Å². The number of nitrogens with two attached hydrogens (primary N) is 1. The normalized spacial score (nSPS) is 17.5. The minimum Gasteiger partial charge on any atom is -0.368 e. The molecule has 0 spiro atoms. The van der Waals surface area contributed by atoms with Gasteiger partial charge in [-0.25, -0.2) is 8.42 Å². The number of para-hydroxylation sites is 1. The zero-order chi connectivity index (χ0) is 23.8. The lowest BCUT2D eigenvalue weighted by Gasteiger charge is -2.17. The van der Waals surface area contributed by atoms with Crippen LogP contribution in [0, 0.1) is 20.8 Å². The van der Waals surface area contributed by atoms with E-state index in [1.807, 2.05) is 56.8 Å². The summed E-state index contributed by atoms with van der Waals surface area (Å²) in [5, 5.41) is 7.87. The Labute approximate surface area is 194 Å². The summed E-state index contributed by atoms with van der Waals surface area (Å²) in [6, 6.07) is 7.79. The van der Waals surface area contributed by atoms with Crippen molar-refractivity contribution in [1.29, 1.82) is 0 Å². The number of aromatic nitrogens is 5. The number of sulfone groups is 1. The van der Waals surface area contributed by atoms with E-state index in [4.69, 9.17) is 5.73 Å². The van der Waals surface area contributed by atoms with Crippen LogP contribution in [-0.4, -0.2) is 56.6 Å². The van der Waals surface area contributed by atoms with E-state index >= 15 is 0 Å². The minimum absolute atomic E-state index is 0.0915. The Morgan fingerprint density at radius 2 is 1.91 bits per heavy atom. The molecule has 1 aliphatic heterocycles. The summed E-state index contributed by atoms with van der Waals surface area (Å²) < 4.78 is 25.7. The van der Waals surface area contributed by atoms with E-state index < -0.39 is 9.84 Å². The molecule has 1 aliphatic rings. The summed E-state index contributed by atoms with van der Waals surface area (Å²) in [6.07, 6.45) is 0.611. The number of anilines is 3. The molecule has 0 radical (unpaired) electrons. The first-order valence-electron chi connectivity index (χ1n) is 10.9. The molecule has 0 amide bonds. The van der Waals surface area contributed by atoms with Gasteiger partial charge in [-0.1, -0.05) is 18.2 Å². The topological polar surface area (TPSA) is 132 Å². The molecule has 3 aromatic rings. The van der Waals surface area contributed by atoms with Gasteiger partial charge in [-0.15, -0.1) is 0 Å². The number of nitrogens with one attached hydrogen (secondary N) is 1. The predicted molar refractivity (Wildman–Crippen MR) is 128 cm³/mol. The molecule has 0 bridgehead atoms. The van der Waals surface area contributed by atoms with Gasteiger partial charge in [0, 0.05) is 23.5 Å². The van der Waals surface area contributed by atoms with Gasteiger partial charge in [0.1, 0.15) is 5.82 Å². The van der Waals surface area contributed by atoms with Crippen LogP contribution in [0.1, 0.15) is 40.8 Å². The number of nitrogens with zero attached hydrogens (tertiary/aromatic N) is 6. The highest BCUT2D eigenvalue weighted by Crippen LogP contribution is 2.27. The van der Waals surface area contributed by atoms with Crippen LogP contribution in [0.4, 0.5) is 17.6 Å². The van der Waals surface area contributed by atoms with Crippen LogP contribution in [0.25, 0.3) is 0 Å². The SMILES string of the molecule is Cc1ccccc1Nc1nc(N)nc(CN(C)Cc2c(C)nn(C3CCS(=O)(=O)C3)c2C)n1. The van der Waals surface area contributed by atoms with Crippen molar-refractivity contribution in [3.05, 3.63) is 52.6 Å². The maximum Gasteiger partial charge on any atom is 0.232 e. The van der Waals surface area contributed by atoms with Crippen molar-refractivity contribution in [3.8, 4) is 0 Å². The molecule has 33 heavy (non-hydrogen) atoms. The first-order valence-corrected chi connectivity index (χ1v) is 12.7. The Kier molecular flexibility index (Phi) is 6.35. The fourth-order valence-electron chi connectivity index (χ4n) is 4.22. The molecular formula is C22H30N8O2S. The van der Waals surface area contributed by atoms with Crippen LogP contribution in [-0.2, 0) is 22.9 Å². The number of aryl methyl sites for hydroxylation is 2. The van der Waals surface area contributed by atoms with Crippen LogP contribution in [0.3, 0.4) is 0 Å². The molecule has 1 aromatic carbocycles. The van der Waals surface area contributed by atoms with E-state index in [9.17, 15) is 8.42 Å². The third-order valence-corrected chi connectivity index (χ3v) is 7.71. The Balaban J connectivity index is 1.48. The van der Waals surface area contributed by atoms with Crippen LogP contribution in [0.2, 0.25) is 0 Å². The number of rotatable bonds is 7. The predicted octanol–water partition coefficient (Wildman–Crippen LogP) is 2.31. The first-order chi connectivity index (χ1) is 15.6. The van der Waals surface area contributed by atoms with Crippen molar-refractivity contribution < 1.29 is 8.42 Å². The number of hydrogen-bond acceptors (Lipinski definition) is 9. The van der Waals surface area contributed by atoms with Gasteiger partial charge in [-0.05, 0) is 45.9 Å². The number of benzene rings is 1. The smallest absolute Gasteiger partial charge is 0.232 e. The molecular weight excluding hydrogens is 440 g/mol. The summed E-state index contributed by atoms with van der Waals surface area (Å²) >= 11 is 0. The van der Waals surface area contributed by atoms with Gasteiger partial charge in [0.15, 0.2) is 9.84 Å². The minimum atomic E-state index is -2.97. The zero-order valence-electron chi connectivity index (χ0n) is 19.4. The third-order valence-electron chi connectivity index (χ3n) is 5.96. The Hall–Kier alpha value is -3.05. The van der Waals surface area contributed by atoms with Gasteiger partial charge in [0.2, 0.25) is 11.9 Å². The highest BCUT2D eigenvalue weighted by atomic mass is 32.2. The van der Waals surface area contributed by atoms with Crippen LogP contribution >= 0.6 is 0 Å². The van der Waals surface area contributed by atoms with Crippen molar-refractivity contribution in [2.24, 2.45) is 0 Å². The molecule has 0 aliphatic carbocycles. The second-order valence-electron chi connectivity index (χ2n) is 8.70. The lowest BCUT2D eigenvalue weighted by atomic mass is 10.1. The Morgan fingerprint density at radius 3 is 2.61 bits per heavy atom. The quantitative estimate of drug-likeness (QED) is 0.534. The molecule has 176 valence electrons. The first kappa shape index (κ1) is 23.1. The molecule has 1 fully saturated rings. The maximum atomic E-state index is 11.9. The van der Waals surface area contributed by atoms with Gasteiger partial charge in [-0.2, -0.15) is 20.1 Å². The van der Waals surface area contributed by atoms with Crippen LogP contribution < -0.4 is 11.1 Å². The third kappa shape index (κ3) is 5.31. The molecule has 3 heterocycles. The Bertz CT molecular complexity index is 1270. The lowest BCUT2D eigenvalue weighted by molar-refractivity contribution is 0.309. The van der Waals surface area contributed by atoms with E-state index in [0.717, 1.165) is 28.2 Å². The second-order valence-corrected chi connectivity index (χ2v) is 10.9. The molecule has 1 saturated heterocycles. The molecule has 3 N–H and O–H groups in total. The van der Waals surface area contributed by atoms with E-state index in [1.54, 1.807) is 0 Å². The van der Waals surface area contributed by atoms with Crippen molar-refractivity contribution in [2.45, 2.75) is 46.3 Å². The summed E-state index contributed by atoms with van der Waals surface area (Å²) in [4.78, 5) is 15.1. The highest BCUT2D eigenvalue weighted by Gasteiger charge is 2.31. The van der Waals surface area contributed by atoms with E-state index in [1.165, 1.54) is 0 Å². The standard InChI is InChI=1S/C22H30N8O2S/c1-14-7-5-6-8-19(14)24-22-26-20(25-21(23)27-22)12-29(4)11-18-15(2)28-30(16(18)3)17-9-10-33(31,32)13-17/h5-8,17H,9-13H2,1-4H3,(H3,23,24,25,26,27). The summed E-state index contributed by atoms with van der Waals surface area (Å²) in [6.45, 7) is 7.06. The van der Waals surface area contributed by atoms with Gasteiger partial charge in [0.25, 0.3) is 0 Å². The lowest BCUT2D eigenvalue weighted by Crippen LogP contribution is -2.21. The fraction of sp³-hybridized carbons (Fsp3) is 0.455. The Morgan fingerprint density at radius 1 is 1.15 bits per heavy atom. The molecule has 0 saturated carbocycles. The number of hydrogen-bond donors (Lipinski definition) is 2. The highest BCUT2D eigenvalue weighted by molar-refractivity contribution is 7.91. The van der Waals surface area contributed by atoms with Crippen molar-refractivity contribution in [1.82, 2.24) is 29.6 Å². The van der Waals surface area contributed by atoms with Gasteiger partial charge in [-0.3, -0.25) is 9.58 Å². The molecule has 4 rings (SSSR count). The zero-order valence-corrected chi connectivity index (χ0v) is 20.2. The fourth-order valence-corrected chi connectivity index (χ4v) is 5.91. The molecule has 10 nitrogen and oxygen atoms in total. The average Bonchev–Trinajstić information content (AvgIpc) is 3.22. The molecule has 2 aromatic heterocycles. The van der Waals surface area contributed by atoms with Crippen LogP contribution in [0.15, 0.2) is 24.3 Å². The van der Waals surface area contributed by atoms with E-state index in [0.29, 0.717) is 31.3 Å². The van der Waals surface area contributed by atoms with E-state index in [2.05, 4.69) is 30.3 Å². The monoisotopic (exact) mass is 470 g/mol. The van der Waals surface area contributed by atoms with Gasteiger partial charge >= 0.3 is 0 Å². The summed E-state index contributed by atoms with van der Waals surface area (Å²) in [7, 11) is -0.996. The van der Waals surface area contributed by atoms with Crippen molar-refractivity contribution >= 4 is 27.4 Å². The second kappa shape index (κ2) is 9.06. The summed E-state index contributed by atoms with van der Waals surface area (Å²) in [5.41, 5.74) is 10.9. The van der Waals surface area contributed by atoms with Crippen molar-refractivity contribution in [3.63, 3.8) is 0 Å². The number of nitrogen functional groups attached to an aromatic ring is 1. The van der Waals surface area contributed by atoms with Crippen molar-refractivity contribution in [2.75, 3.05) is 29.6 Å². The van der Waals surface area contributed by atoms with Gasteiger partial charge < -0.3 is 11.1 Å². The molecule has 1 unspecified atom stereocenters. The molecule has 11 heteroatoms. The summed E-state index contributed by atoms with van der Waals surface area (Å²) in [5.74, 6) is 1.51. The average molecular weight is 471 g/mol. The largest absolute Gasteiger partial charge is 0.368 e. The van der Waals surface area contributed by atoms with Crippen LogP contribution in [0.5, 0.6) is 0 Å².